The van der Waals surface area contributed by atoms with Crippen LogP contribution in [0.2, 0.25) is 0 Å². The van der Waals surface area contributed by atoms with Crippen molar-refractivity contribution in [3.63, 3.8) is 0 Å². The number of benzene rings is 3. The van der Waals surface area contributed by atoms with Crippen LogP contribution in [0.3, 0.4) is 0 Å². The second-order valence-electron chi connectivity index (χ2n) is 8.00. The molecule has 0 fully saturated rings. The molecule has 0 aliphatic rings. The molecule has 2 nitrogen and oxygen atoms in total. The Morgan fingerprint density at radius 2 is 1.28 bits per heavy atom. The van der Waals surface area contributed by atoms with E-state index in [0.717, 1.165) is 27.8 Å². The van der Waals surface area contributed by atoms with E-state index in [9.17, 15) is 9.59 Å². The quantitative estimate of drug-likeness (QED) is 0.220. The van der Waals surface area contributed by atoms with Crippen molar-refractivity contribution in [2.24, 2.45) is 0 Å². The minimum atomic E-state index is 0.0245. The number of allylic oxidation sites excluding steroid dienone is 5. The predicted octanol–water partition coefficient (Wildman–Crippen LogP) is 7.16. The van der Waals surface area contributed by atoms with Crippen molar-refractivity contribution in [2.45, 2.75) is 27.2 Å². The van der Waals surface area contributed by atoms with Gasteiger partial charge in [0.05, 0.1) is 0 Å². The van der Waals surface area contributed by atoms with Crippen molar-refractivity contribution in [3.05, 3.63) is 131 Å². The summed E-state index contributed by atoms with van der Waals surface area (Å²) in [5.41, 5.74) is 7.31. The van der Waals surface area contributed by atoms with Gasteiger partial charge in [0.15, 0.2) is 11.6 Å². The molecule has 32 heavy (non-hydrogen) atoms. The van der Waals surface area contributed by atoms with Crippen molar-refractivity contribution in [1.29, 1.82) is 0 Å². The van der Waals surface area contributed by atoms with Crippen molar-refractivity contribution >= 4 is 11.6 Å². The monoisotopic (exact) mass is 420 g/mol. The normalized spacial score (nSPS) is 11.8. The van der Waals surface area contributed by atoms with Gasteiger partial charge in [-0.05, 0) is 55.5 Å². The Morgan fingerprint density at radius 3 is 1.81 bits per heavy atom. The molecule has 0 unspecified atom stereocenters. The zero-order valence-corrected chi connectivity index (χ0v) is 18.9. The lowest BCUT2D eigenvalue weighted by Gasteiger charge is -2.06. The summed E-state index contributed by atoms with van der Waals surface area (Å²) >= 11 is 0. The van der Waals surface area contributed by atoms with Gasteiger partial charge in [-0.2, -0.15) is 0 Å². The molecule has 3 rings (SSSR count). The van der Waals surface area contributed by atoms with Crippen LogP contribution in [0, 0.1) is 0 Å². The first kappa shape index (κ1) is 22.9. The van der Waals surface area contributed by atoms with Crippen LogP contribution < -0.4 is 0 Å². The summed E-state index contributed by atoms with van der Waals surface area (Å²) in [6.45, 7) is 9.42. The molecule has 0 amide bonds. The first-order chi connectivity index (χ1) is 15.3. The summed E-state index contributed by atoms with van der Waals surface area (Å²) in [5.74, 6) is 0.0730. The third kappa shape index (κ3) is 5.89. The average molecular weight is 421 g/mol. The van der Waals surface area contributed by atoms with Gasteiger partial charge < -0.3 is 0 Å². The van der Waals surface area contributed by atoms with Crippen LogP contribution in [0.25, 0.3) is 11.1 Å². The van der Waals surface area contributed by atoms with Crippen LogP contribution in [0.15, 0.2) is 114 Å². The fraction of sp³-hybridized carbons (Fsp3) is 0.133. The number of Topliss-reactive ketones (excluding diaryl/α,β-unsaturated/α-hetero) is 1. The second-order valence-corrected chi connectivity index (χ2v) is 8.00. The number of hydrogen-bond donors (Lipinski definition) is 0. The number of ketones is 2. The molecule has 0 radical (unpaired) electrons. The average Bonchev–Trinajstić information content (AvgIpc) is 2.82. The van der Waals surface area contributed by atoms with Gasteiger partial charge in [-0.15, -0.1) is 0 Å². The molecule has 160 valence electrons. The summed E-state index contributed by atoms with van der Waals surface area (Å²) in [6.07, 6.45) is 4.55. The lowest BCUT2D eigenvalue weighted by atomic mass is 9.98. The highest BCUT2D eigenvalue weighted by Crippen LogP contribution is 2.22. The number of carbonyl (C=O) groups excluding carboxylic acids is 2. The van der Waals surface area contributed by atoms with Gasteiger partial charge in [-0.3, -0.25) is 9.59 Å². The van der Waals surface area contributed by atoms with Crippen molar-refractivity contribution < 1.29 is 9.59 Å². The first-order valence-electron chi connectivity index (χ1n) is 10.7. The molecule has 0 saturated heterocycles. The molecular weight excluding hydrogens is 392 g/mol. The largest absolute Gasteiger partial charge is 0.295 e. The molecule has 0 bridgehead atoms. The van der Waals surface area contributed by atoms with E-state index in [4.69, 9.17) is 0 Å². The Morgan fingerprint density at radius 1 is 0.750 bits per heavy atom. The van der Waals surface area contributed by atoms with Crippen LogP contribution >= 0.6 is 0 Å². The summed E-state index contributed by atoms with van der Waals surface area (Å²) in [5, 5.41) is 0. The van der Waals surface area contributed by atoms with Crippen molar-refractivity contribution in [1.82, 2.24) is 0 Å². The van der Waals surface area contributed by atoms with E-state index >= 15 is 0 Å². The third-order valence-electron chi connectivity index (χ3n) is 5.48. The Bertz CT molecular complexity index is 1180. The van der Waals surface area contributed by atoms with E-state index in [1.807, 2.05) is 80.6 Å². The smallest absolute Gasteiger partial charge is 0.193 e. The molecule has 3 aromatic rings. The summed E-state index contributed by atoms with van der Waals surface area (Å²) in [4.78, 5) is 24.5. The number of rotatable bonds is 8. The highest BCUT2D eigenvalue weighted by molar-refractivity contribution is 6.09. The Hall–Kier alpha value is -3.78. The standard InChI is InChI=1S/C30H28O2/c1-21(2)22(3)20-29(23(4)31)15-12-24-10-13-25(14-11-24)26-16-18-28(19-17-26)30(32)27-8-6-5-7-9-27/h5-11,13-20H,1,12H2,2-4H3. The van der Waals surface area contributed by atoms with Crippen LogP contribution in [0.4, 0.5) is 0 Å². The van der Waals surface area contributed by atoms with Crippen molar-refractivity contribution in [2.75, 3.05) is 0 Å². The van der Waals surface area contributed by atoms with E-state index in [2.05, 4.69) is 30.8 Å². The fourth-order valence-electron chi connectivity index (χ4n) is 3.29. The number of hydrogen-bond acceptors (Lipinski definition) is 2. The summed E-state index contributed by atoms with van der Waals surface area (Å²) < 4.78 is 0. The highest BCUT2D eigenvalue weighted by Gasteiger charge is 2.09. The fourth-order valence-corrected chi connectivity index (χ4v) is 3.29. The van der Waals surface area contributed by atoms with E-state index in [1.54, 1.807) is 6.92 Å². The molecule has 0 aliphatic heterocycles. The molecule has 0 spiro atoms. The molecule has 0 aliphatic carbocycles. The van der Waals surface area contributed by atoms with Crippen LogP contribution in [-0.4, -0.2) is 11.6 Å². The van der Waals surface area contributed by atoms with Gasteiger partial charge in [-0.1, -0.05) is 97.1 Å². The van der Waals surface area contributed by atoms with Gasteiger partial charge in [0.2, 0.25) is 0 Å². The Balaban J connectivity index is 1.73. The minimum absolute atomic E-state index is 0.0245. The zero-order chi connectivity index (χ0) is 23.1. The molecular formula is C30H28O2. The van der Waals surface area contributed by atoms with Gasteiger partial charge >= 0.3 is 0 Å². The van der Waals surface area contributed by atoms with Gasteiger partial charge in [-0.25, -0.2) is 0 Å². The topological polar surface area (TPSA) is 34.1 Å². The SMILES string of the molecule is C=C(C)C(C)=CC(=CCc1ccc(-c2ccc(C(=O)c3ccccc3)cc2)cc1)C(C)=O. The summed E-state index contributed by atoms with van der Waals surface area (Å²) in [6, 6.07) is 25.3. The first-order valence-corrected chi connectivity index (χ1v) is 10.7. The van der Waals surface area contributed by atoms with Crippen LogP contribution in [-0.2, 0) is 11.2 Å². The van der Waals surface area contributed by atoms with E-state index < -0.39 is 0 Å². The van der Waals surface area contributed by atoms with Gasteiger partial charge in [0, 0.05) is 16.7 Å². The Kier molecular flexibility index (Phi) is 7.51. The lowest BCUT2D eigenvalue weighted by molar-refractivity contribution is -0.113. The number of carbonyl (C=O) groups is 2. The molecule has 0 heterocycles. The minimum Gasteiger partial charge on any atom is -0.295 e. The maximum Gasteiger partial charge on any atom is 0.193 e. The predicted molar refractivity (Wildman–Crippen MR) is 133 cm³/mol. The molecule has 0 atom stereocenters. The van der Waals surface area contributed by atoms with E-state index in [1.165, 1.54) is 0 Å². The van der Waals surface area contributed by atoms with Crippen LogP contribution in [0.1, 0.15) is 42.3 Å². The third-order valence-corrected chi connectivity index (χ3v) is 5.48. The van der Waals surface area contributed by atoms with E-state index in [0.29, 0.717) is 23.1 Å². The summed E-state index contributed by atoms with van der Waals surface area (Å²) in [7, 11) is 0. The van der Waals surface area contributed by atoms with E-state index in [-0.39, 0.29) is 11.6 Å². The molecule has 0 aromatic heterocycles. The zero-order valence-electron chi connectivity index (χ0n) is 18.9. The maximum absolute atomic E-state index is 12.6. The molecule has 3 aromatic carbocycles. The Labute approximate surface area is 190 Å². The maximum atomic E-state index is 12.6. The van der Waals surface area contributed by atoms with Gasteiger partial charge in [0.25, 0.3) is 0 Å². The lowest BCUT2D eigenvalue weighted by Crippen LogP contribution is -2.00. The highest BCUT2D eigenvalue weighted by atomic mass is 16.1. The second kappa shape index (κ2) is 10.5. The molecule has 2 heteroatoms. The molecule has 0 N–H and O–H groups in total. The van der Waals surface area contributed by atoms with Crippen LogP contribution in [0.5, 0.6) is 0 Å². The molecule has 0 saturated carbocycles. The van der Waals surface area contributed by atoms with Crippen molar-refractivity contribution in [3.8, 4) is 11.1 Å². The van der Waals surface area contributed by atoms with Gasteiger partial charge in [0.1, 0.15) is 0 Å².